The number of carbonyl (C=O) groups excluding carboxylic acids is 1. The molecule has 0 fully saturated rings. The molecular weight excluding hydrogens is 411 g/mol. The van der Waals surface area contributed by atoms with E-state index in [2.05, 4.69) is 15.3 Å². The van der Waals surface area contributed by atoms with Crippen molar-refractivity contribution >= 4 is 28.6 Å². The third-order valence-electron chi connectivity index (χ3n) is 4.58. The predicted octanol–water partition coefficient (Wildman–Crippen LogP) is 5.27. The summed E-state index contributed by atoms with van der Waals surface area (Å²) < 4.78 is 39.5. The predicted molar refractivity (Wildman–Crippen MR) is 112 cm³/mol. The molecule has 0 saturated heterocycles. The van der Waals surface area contributed by atoms with E-state index in [1.807, 2.05) is 37.3 Å². The molecule has 30 heavy (non-hydrogen) atoms. The van der Waals surface area contributed by atoms with Gasteiger partial charge in [0.25, 0.3) is 0 Å². The van der Waals surface area contributed by atoms with Gasteiger partial charge in [-0.2, -0.15) is 13.2 Å². The summed E-state index contributed by atoms with van der Waals surface area (Å²) in [5.41, 5.74) is 1.39. The first-order chi connectivity index (χ1) is 14.2. The van der Waals surface area contributed by atoms with Gasteiger partial charge in [-0.15, -0.1) is 0 Å². The number of nitrogens with zero attached hydrogens (tertiary/aromatic N) is 2. The number of amides is 1. The van der Waals surface area contributed by atoms with E-state index in [-0.39, 0.29) is 22.5 Å². The van der Waals surface area contributed by atoms with Crippen molar-refractivity contribution in [3.05, 3.63) is 66.0 Å². The van der Waals surface area contributed by atoms with Gasteiger partial charge < -0.3 is 5.32 Å². The molecule has 1 aromatic heterocycles. The first kappa shape index (κ1) is 22.1. The summed E-state index contributed by atoms with van der Waals surface area (Å²) in [5.74, 6) is -1.44. The average Bonchev–Trinajstić information content (AvgIpc) is 2.72. The highest BCUT2D eigenvalue weighted by molar-refractivity contribution is 8.00. The SMILES string of the molecule is C[C@@H](CCc1ccccc1)NC(=O)[C@@H](C)Sc1nc(C(F)(F)F)nc2ccccc12. The van der Waals surface area contributed by atoms with Crippen molar-refractivity contribution in [2.45, 2.75) is 49.2 Å². The highest BCUT2D eigenvalue weighted by atomic mass is 32.2. The van der Waals surface area contributed by atoms with Crippen LogP contribution in [0.25, 0.3) is 10.9 Å². The van der Waals surface area contributed by atoms with E-state index in [0.29, 0.717) is 5.39 Å². The number of nitrogens with one attached hydrogen (secondary N) is 1. The third kappa shape index (κ3) is 5.72. The number of thioether (sulfide) groups is 1. The Balaban J connectivity index is 1.68. The van der Waals surface area contributed by atoms with Crippen LogP contribution in [-0.4, -0.2) is 27.2 Å². The molecule has 3 rings (SSSR count). The lowest BCUT2D eigenvalue weighted by Gasteiger charge is -2.18. The van der Waals surface area contributed by atoms with Gasteiger partial charge in [-0.25, -0.2) is 9.97 Å². The summed E-state index contributed by atoms with van der Waals surface area (Å²) in [7, 11) is 0. The van der Waals surface area contributed by atoms with Crippen LogP contribution in [0.3, 0.4) is 0 Å². The summed E-state index contributed by atoms with van der Waals surface area (Å²) in [4.78, 5) is 19.9. The Morgan fingerprint density at radius 1 is 1.03 bits per heavy atom. The van der Waals surface area contributed by atoms with Crippen molar-refractivity contribution in [3.63, 3.8) is 0 Å². The molecule has 0 aliphatic rings. The molecule has 0 spiro atoms. The number of para-hydroxylation sites is 1. The van der Waals surface area contributed by atoms with Crippen LogP contribution in [0.2, 0.25) is 0 Å². The number of hydrogen-bond donors (Lipinski definition) is 1. The molecule has 2 aromatic carbocycles. The van der Waals surface area contributed by atoms with Crippen LogP contribution >= 0.6 is 11.8 Å². The van der Waals surface area contributed by atoms with Crippen LogP contribution in [-0.2, 0) is 17.4 Å². The topological polar surface area (TPSA) is 54.9 Å². The monoisotopic (exact) mass is 433 g/mol. The lowest BCUT2D eigenvalue weighted by Crippen LogP contribution is -2.37. The molecule has 0 saturated carbocycles. The van der Waals surface area contributed by atoms with Crippen LogP contribution in [0.15, 0.2) is 59.6 Å². The third-order valence-corrected chi connectivity index (χ3v) is 5.68. The quantitative estimate of drug-likeness (QED) is 0.408. The summed E-state index contributed by atoms with van der Waals surface area (Å²) >= 11 is 1.00. The molecule has 3 aromatic rings. The molecule has 1 N–H and O–H groups in total. The Kier molecular flexibility index (Phi) is 6.97. The largest absolute Gasteiger partial charge is 0.451 e. The highest BCUT2D eigenvalue weighted by Gasteiger charge is 2.36. The minimum atomic E-state index is -4.66. The number of carbonyl (C=O) groups is 1. The number of aromatic nitrogens is 2. The molecule has 8 heteroatoms. The lowest BCUT2D eigenvalue weighted by atomic mass is 10.1. The van der Waals surface area contributed by atoms with Crippen LogP contribution in [0, 0.1) is 0 Å². The van der Waals surface area contributed by atoms with Gasteiger partial charge in [-0.05, 0) is 38.3 Å². The zero-order valence-electron chi connectivity index (χ0n) is 16.6. The summed E-state index contributed by atoms with van der Waals surface area (Å²) in [6, 6.07) is 16.4. The van der Waals surface area contributed by atoms with Gasteiger partial charge in [0.05, 0.1) is 10.8 Å². The number of hydrogen-bond acceptors (Lipinski definition) is 4. The van der Waals surface area contributed by atoms with Crippen LogP contribution < -0.4 is 5.32 Å². The molecule has 0 aliphatic carbocycles. The highest BCUT2D eigenvalue weighted by Crippen LogP contribution is 2.33. The van der Waals surface area contributed by atoms with E-state index in [0.717, 1.165) is 24.6 Å². The van der Waals surface area contributed by atoms with Gasteiger partial charge in [0, 0.05) is 11.4 Å². The Bertz CT molecular complexity index is 1010. The fraction of sp³-hybridized carbons (Fsp3) is 0.318. The molecule has 0 radical (unpaired) electrons. The van der Waals surface area contributed by atoms with E-state index in [9.17, 15) is 18.0 Å². The first-order valence-corrected chi connectivity index (χ1v) is 10.5. The van der Waals surface area contributed by atoms with Crippen molar-refractivity contribution in [1.29, 1.82) is 0 Å². The normalized spacial score (nSPS) is 13.8. The second-order valence-electron chi connectivity index (χ2n) is 7.06. The van der Waals surface area contributed by atoms with E-state index in [4.69, 9.17) is 0 Å². The number of fused-ring (bicyclic) bond motifs is 1. The van der Waals surface area contributed by atoms with Crippen LogP contribution in [0.1, 0.15) is 31.7 Å². The van der Waals surface area contributed by atoms with Gasteiger partial charge in [0.1, 0.15) is 5.03 Å². The Morgan fingerprint density at radius 3 is 2.40 bits per heavy atom. The number of benzene rings is 2. The Labute approximate surface area is 177 Å². The van der Waals surface area contributed by atoms with E-state index < -0.39 is 17.3 Å². The zero-order chi connectivity index (χ0) is 21.7. The van der Waals surface area contributed by atoms with Gasteiger partial charge >= 0.3 is 6.18 Å². The van der Waals surface area contributed by atoms with E-state index in [1.165, 1.54) is 11.6 Å². The zero-order valence-corrected chi connectivity index (χ0v) is 17.4. The van der Waals surface area contributed by atoms with Crippen LogP contribution in [0.5, 0.6) is 0 Å². The number of rotatable bonds is 7. The minimum Gasteiger partial charge on any atom is -0.353 e. The molecule has 1 amide bonds. The standard InChI is InChI=1S/C22H22F3N3OS/c1-14(12-13-16-8-4-3-5-9-16)26-19(29)15(2)30-20-17-10-6-7-11-18(17)27-21(28-20)22(23,24)25/h3-11,14-15H,12-13H2,1-2H3,(H,26,29)/t14-,15+/m0/s1. The van der Waals surface area contributed by atoms with Crippen molar-refractivity contribution in [3.8, 4) is 0 Å². The number of halogens is 3. The molecule has 4 nitrogen and oxygen atoms in total. The van der Waals surface area contributed by atoms with Crippen molar-refractivity contribution in [2.24, 2.45) is 0 Å². The molecule has 0 bridgehead atoms. The van der Waals surface area contributed by atoms with Crippen molar-refractivity contribution < 1.29 is 18.0 Å². The molecule has 158 valence electrons. The maximum atomic E-state index is 13.2. The molecule has 1 heterocycles. The fourth-order valence-electron chi connectivity index (χ4n) is 2.95. The summed E-state index contributed by atoms with van der Waals surface area (Å²) in [6.45, 7) is 3.58. The maximum Gasteiger partial charge on any atom is 0.451 e. The number of alkyl halides is 3. The Morgan fingerprint density at radius 2 is 1.70 bits per heavy atom. The van der Waals surface area contributed by atoms with E-state index in [1.54, 1.807) is 25.1 Å². The smallest absolute Gasteiger partial charge is 0.353 e. The molecule has 0 unspecified atom stereocenters. The van der Waals surface area contributed by atoms with Gasteiger partial charge in [0.15, 0.2) is 0 Å². The second kappa shape index (κ2) is 9.47. The van der Waals surface area contributed by atoms with E-state index >= 15 is 0 Å². The summed E-state index contributed by atoms with van der Waals surface area (Å²) in [5, 5.41) is 2.97. The molecule has 0 aliphatic heterocycles. The minimum absolute atomic E-state index is 0.0614. The Hall–Kier alpha value is -2.61. The van der Waals surface area contributed by atoms with Gasteiger partial charge in [-0.1, -0.05) is 60.3 Å². The summed E-state index contributed by atoms with van der Waals surface area (Å²) in [6.07, 6.45) is -3.06. The molecule has 2 atom stereocenters. The molecular formula is C22H22F3N3OS. The van der Waals surface area contributed by atoms with Crippen LogP contribution in [0.4, 0.5) is 13.2 Å². The number of aryl methyl sites for hydroxylation is 1. The first-order valence-electron chi connectivity index (χ1n) is 9.59. The van der Waals surface area contributed by atoms with Crippen molar-refractivity contribution in [2.75, 3.05) is 0 Å². The fourth-order valence-corrected chi connectivity index (χ4v) is 3.89. The van der Waals surface area contributed by atoms with Crippen molar-refractivity contribution in [1.82, 2.24) is 15.3 Å². The van der Waals surface area contributed by atoms with Gasteiger partial charge in [-0.3, -0.25) is 4.79 Å². The second-order valence-corrected chi connectivity index (χ2v) is 8.39. The average molecular weight is 433 g/mol. The maximum absolute atomic E-state index is 13.2. The van der Waals surface area contributed by atoms with Gasteiger partial charge in [0.2, 0.25) is 11.7 Å². The lowest BCUT2D eigenvalue weighted by molar-refractivity contribution is -0.145.